The van der Waals surface area contributed by atoms with Gasteiger partial charge in [-0.05, 0) is 95.1 Å². The highest BCUT2D eigenvalue weighted by Gasteiger charge is 2.21. The van der Waals surface area contributed by atoms with Crippen LogP contribution in [0.2, 0.25) is 0 Å². The van der Waals surface area contributed by atoms with Crippen LogP contribution in [0.25, 0.3) is 69.9 Å². The number of fused-ring (bicyclic) bond motifs is 7. The van der Waals surface area contributed by atoms with Gasteiger partial charge in [0.25, 0.3) is 0 Å². The molecule has 2 nitrogen and oxygen atoms in total. The van der Waals surface area contributed by atoms with E-state index >= 15 is 0 Å². The number of anilines is 3. The molecule has 0 fully saturated rings. The largest absolute Gasteiger partial charge is 0.310 e. The molecule has 0 unspecified atom stereocenters. The molecule has 240 valence electrons. The van der Waals surface area contributed by atoms with Crippen molar-refractivity contribution in [1.82, 2.24) is 4.57 Å². The highest BCUT2D eigenvalue weighted by molar-refractivity contribution is 7.26. The molecule has 0 N–H and O–H groups in total. The van der Waals surface area contributed by atoms with Crippen molar-refractivity contribution >= 4 is 70.4 Å². The van der Waals surface area contributed by atoms with Crippen LogP contribution in [0.4, 0.5) is 17.1 Å². The van der Waals surface area contributed by atoms with Crippen LogP contribution in [-0.4, -0.2) is 4.57 Å². The maximum atomic E-state index is 2.47. The van der Waals surface area contributed by atoms with Crippen molar-refractivity contribution in [2.24, 2.45) is 0 Å². The van der Waals surface area contributed by atoms with Crippen molar-refractivity contribution in [1.29, 1.82) is 0 Å². The Balaban J connectivity index is 1.22. The van der Waals surface area contributed by atoms with Crippen LogP contribution in [-0.2, 0) is 0 Å². The first kappa shape index (κ1) is 29.5. The lowest BCUT2D eigenvalue weighted by Crippen LogP contribution is -2.09. The Labute approximate surface area is 300 Å². The lowest BCUT2D eigenvalue weighted by molar-refractivity contribution is 1.19. The van der Waals surface area contributed by atoms with Gasteiger partial charge in [0.15, 0.2) is 0 Å². The quantitative estimate of drug-likeness (QED) is 0.171. The number of thiophene rings is 1. The smallest absolute Gasteiger partial charge is 0.0634 e. The molecule has 0 spiro atoms. The highest BCUT2D eigenvalue weighted by atomic mass is 32.1. The Morgan fingerprint density at radius 2 is 0.922 bits per heavy atom. The summed E-state index contributed by atoms with van der Waals surface area (Å²) in [7, 11) is 0. The number of rotatable bonds is 6. The zero-order chi connectivity index (χ0) is 33.7. The van der Waals surface area contributed by atoms with E-state index in [1.807, 2.05) is 11.3 Å². The number of hydrogen-bond donors (Lipinski definition) is 0. The van der Waals surface area contributed by atoms with Crippen LogP contribution in [0.5, 0.6) is 0 Å². The van der Waals surface area contributed by atoms with Crippen molar-refractivity contribution < 1.29 is 0 Å². The topological polar surface area (TPSA) is 8.17 Å². The zero-order valence-electron chi connectivity index (χ0n) is 27.8. The fourth-order valence-corrected chi connectivity index (χ4v) is 8.70. The molecule has 10 aromatic rings. The van der Waals surface area contributed by atoms with Gasteiger partial charge in [-0.1, -0.05) is 121 Å². The number of aromatic nitrogens is 1. The van der Waals surface area contributed by atoms with Gasteiger partial charge in [0.05, 0.1) is 11.0 Å². The normalized spacial score (nSPS) is 11.5. The van der Waals surface area contributed by atoms with Gasteiger partial charge >= 0.3 is 0 Å². The Morgan fingerprint density at radius 1 is 0.373 bits per heavy atom. The number of para-hydroxylation sites is 2. The third-order valence-electron chi connectivity index (χ3n) is 9.97. The molecule has 51 heavy (non-hydrogen) atoms. The molecule has 2 heterocycles. The molecule has 0 saturated heterocycles. The van der Waals surface area contributed by atoms with Gasteiger partial charge in [0.1, 0.15) is 0 Å². The summed E-state index contributed by atoms with van der Waals surface area (Å²) in [6.45, 7) is 0. The molecular formula is C48H32N2S. The van der Waals surface area contributed by atoms with E-state index in [4.69, 9.17) is 0 Å². The Hall–Kier alpha value is -6.42. The lowest BCUT2D eigenvalue weighted by Gasteiger charge is -2.26. The maximum Gasteiger partial charge on any atom is 0.0634 e. The SMILES string of the molecule is c1ccc(-c2ccc(N(c3ccccc3)c3ccc4c(c3)c3ccc5sc6ccc(-c7ccccc7)cc6c5c3n4-c3ccccc3)cc2)cc1. The highest BCUT2D eigenvalue weighted by Crippen LogP contribution is 2.46. The molecule has 0 saturated carbocycles. The van der Waals surface area contributed by atoms with Crippen molar-refractivity contribution in [2.75, 3.05) is 4.90 Å². The van der Waals surface area contributed by atoms with Gasteiger partial charge < -0.3 is 9.47 Å². The monoisotopic (exact) mass is 668 g/mol. The molecule has 10 rings (SSSR count). The van der Waals surface area contributed by atoms with Gasteiger partial charge in [-0.3, -0.25) is 0 Å². The van der Waals surface area contributed by atoms with Crippen LogP contribution in [0.1, 0.15) is 0 Å². The number of hydrogen-bond acceptors (Lipinski definition) is 2. The third-order valence-corrected chi connectivity index (χ3v) is 11.1. The molecule has 3 heteroatoms. The molecule has 0 radical (unpaired) electrons. The van der Waals surface area contributed by atoms with E-state index in [2.05, 4.69) is 204 Å². The molecule has 2 aromatic heterocycles. The second kappa shape index (κ2) is 12.2. The summed E-state index contributed by atoms with van der Waals surface area (Å²) in [5.74, 6) is 0. The van der Waals surface area contributed by atoms with Crippen molar-refractivity contribution in [3.63, 3.8) is 0 Å². The third kappa shape index (κ3) is 5.01. The molecule has 0 atom stereocenters. The van der Waals surface area contributed by atoms with Gasteiger partial charge in [0, 0.05) is 53.7 Å². The molecular weight excluding hydrogens is 637 g/mol. The Bertz CT molecular complexity index is 2820. The van der Waals surface area contributed by atoms with E-state index in [1.165, 1.54) is 64.2 Å². The summed E-state index contributed by atoms with van der Waals surface area (Å²) in [5, 5.41) is 5.09. The van der Waals surface area contributed by atoms with Crippen molar-refractivity contribution in [3.8, 4) is 27.9 Å². The minimum atomic E-state index is 1.12. The van der Waals surface area contributed by atoms with E-state index in [9.17, 15) is 0 Å². The molecule has 0 aliphatic rings. The first-order valence-corrected chi connectivity index (χ1v) is 18.2. The van der Waals surface area contributed by atoms with Crippen molar-refractivity contribution in [3.05, 3.63) is 194 Å². The van der Waals surface area contributed by atoms with Crippen LogP contribution >= 0.6 is 11.3 Å². The maximum absolute atomic E-state index is 2.47. The fraction of sp³-hybridized carbons (Fsp3) is 0. The second-order valence-electron chi connectivity index (χ2n) is 13.0. The average molecular weight is 669 g/mol. The summed E-state index contributed by atoms with van der Waals surface area (Å²) in [4.78, 5) is 2.37. The summed E-state index contributed by atoms with van der Waals surface area (Å²) >= 11 is 1.87. The summed E-state index contributed by atoms with van der Waals surface area (Å²) in [6, 6.07) is 70.2. The second-order valence-corrected chi connectivity index (χ2v) is 14.1. The van der Waals surface area contributed by atoms with Gasteiger partial charge in [-0.25, -0.2) is 0 Å². The van der Waals surface area contributed by atoms with E-state index in [0.29, 0.717) is 0 Å². The van der Waals surface area contributed by atoms with E-state index in [-0.39, 0.29) is 0 Å². The van der Waals surface area contributed by atoms with E-state index < -0.39 is 0 Å². The van der Waals surface area contributed by atoms with Crippen LogP contribution in [0.15, 0.2) is 194 Å². The van der Waals surface area contributed by atoms with Crippen LogP contribution < -0.4 is 4.90 Å². The van der Waals surface area contributed by atoms with E-state index in [1.54, 1.807) is 0 Å². The molecule has 0 amide bonds. The van der Waals surface area contributed by atoms with Gasteiger partial charge in [-0.15, -0.1) is 11.3 Å². The fourth-order valence-electron chi connectivity index (χ4n) is 7.61. The van der Waals surface area contributed by atoms with Crippen LogP contribution in [0.3, 0.4) is 0 Å². The Morgan fingerprint density at radius 3 is 1.63 bits per heavy atom. The van der Waals surface area contributed by atoms with Crippen molar-refractivity contribution in [2.45, 2.75) is 0 Å². The number of benzene rings is 8. The van der Waals surface area contributed by atoms with Crippen LogP contribution in [0, 0.1) is 0 Å². The minimum Gasteiger partial charge on any atom is -0.310 e. The summed E-state index contributed by atoms with van der Waals surface area (Å²) in [5.41, 5.74) is 11.9. The molecule has 0 bridgehead atoms. The first-order valence-electron chi connectivity index (χ1n) is 17.4. The number of nitrogens with zero attached hydrogens (tertiary/aromatic N) is 2. The minimum absolute atomic E-state index is 1.12. The molecule has 8 aromatic carbocycles. The summed E-state index contributed by atoms with van der Waals surface area (Å²) in [6.07, 6.45) is 0. The predicted octanol–water partition coefficient (Wildman–Crippen LogP) is 14.0. The molecule has 0 aliphatic carbocycles. The standard InChI is InChI=1S/C48H32N2S/c1-5-13-33(14-6-1)35-21-24-39(25-22-35)49(37-17-9-3-10-18-37)40-26-28-44-42(32-40)41-27-30-46-47(48(41)50(44)38-19-11-4-12-20-38)43-31-36(23-29-45(43)51-46)34-15-7-2-8-16-34/h1-32H. The van der Waals surface area contributed by atoms with Gasteiger partial charge in [0.2, 0.25) is 0 Å². The zero-order valence-corrected chi connectivity index (χ0v) is 28.6. The first-order chi connectivity index (χ1) is 25.3. The summed E-state index contributed by atoms with van der Waals surface area (Å²) < 4.78 is 5.07. The van der Waals surface area contributed by atoms with E-state index in [0.717, 1.165) is 22.7 Å². The lowest BCUT2D eigenvalue weighted by atomic mass is 10.0. The average Bonchev–Trinajstić information content (AvgIpc) is 3.75. The molecule has 0 aliphatic heterocycles. The predicted molar refractivity (Wildman–Crippen MR) is 219 cm³/mol. The Kier molecular flexibility index (Phi) is 7.04. The van der Waals surface area contributed by atoms with Gasteiger partial charge in [-0.2, -0.15) is 0 Å².